The van der Waals surface area contributed by atoms with Gasteiger partial charge >= 0.3 is 0 Å². The zero-order chi connectivity index (χ0) is 21.0. The second-order valence-corrected chi connectivity index (χ2v) is 10.3. The van der Waals surface area contributed by atoms with Crippen LogP contribution in [-0.4, -0.2) is 42.0 Å². The smallest absolute Gasteiger partial charge is 0.244 e. The highest BCUT2D eigenvalue weighted by atomic mass is 32.2. The molecule has 3 aromatic rings. The lowest BCUT2D eigenvalue weighted by molar-refractivity contribution is 0.167. The third-order valence-electron chi connectivity index (χ3n) is 4.44. The van der Waals surface area contributed by atoms with Crippen molar-refractivity contribution in [3.63, 3.8) is 0 Å². The highest BCUT2D eigenvalue weighted by Gasteiger charge is 2.29. The molecule has 0 fully saturated rings. The number of benzene rings is 2. The number of thiazole rings is 1. The molecule has 29 heavy (non-hydrogen) atoms. The minimum atomic E-state index is -3.82. The van der Waals surface area contributed by atoms with Gasteiger partial charge in [0, 0.05) is 13.1 Å². The van der Waals surface area contributed by atoms with E-state index in [0.717, 1.165) is 16.9 Å². The Bertz CT molecular complexity index is 1050. The molecule has 8 heteroatoms. The third kappa shape index (κ3) is 5.33. The van der Waals surface area contributed by atoms with Crippen LogP contribution in [0.2, 0.25) is 0 Å². The van der Waals surface area contributed by atoms with Crippen LogP contribution < -0.4 is 5.73 Å². The largest absolute Gasteiger partial charge is 0.391 e. The average molecular weight is 433 g/mol. The van der Waals surface area contributed by atoms with Crippen molar-refractivity contribution >= 4 is 36.7 Å². The minimum absolute atomic E-state index is 0.00196. The van der Waals surface area contributed by atoms with Gasteiger partial charge in [0.25, 0.3) is 0 Å². The van der Waals surface area contributed by atoms with E-state index in [-0.39, 0.29) is 17.4 Å². The number of sulfonamides is 1. The molecule has 0 bridgehead atoms. The van der Waals surface area contributed by atoms with Crippen LogP contribution in [0.15, 0.2) is 53.4 Å². The third-order valence-corrected chi connectivity index (χ3v) is 7.38. The normalized spacial score (nSPS) is 13.4. The van der Waals surface area contributed by atoms with Crippen molar-refractivity contribution in [3.8, 4) is 0 Å². The van der Waals surface area contributed by atoms with Gasteiger partial charge in [-0.15, -0.1) is 0 Å². The van der Waals surface area contributed by atoms with Crippen LogP contribution in [0.5, 0.6) is 0 Å². The first-order valence-electron chi connectivity index (χ1n) is 9.48. The van der Waals surface area contributed by atoms with Crippen molar-refractivity contribution in [1.82, 2.24) is 9.29 Å². The molecule has 155 valence electrons. The number of nitrogen functional groups attached to an aromatic ring is 1. The number of fused-ring (bicyclic) bond motifs is 1. The molecule has 3 N–H and O–H groups in total. The Morgan fingerprint density at radius 1 is 1.14 bits per heavy atom. The summed E-state index contributed by atoms with van der Waals surface area (Å²) in [5, 5.41) is 10.9. The van der Waals surface area contributed by atoms with Gasteiger partial charge in [-0.2, -0.15) is 4.31 Å². The van der Waals surface area contributed by atoms with Crippen molar-refractivity contribution in [2.24, 2.45) is 5.92 Å². The van der Waals surface area contributed by atoms with Crippen LogP contribution in [0.3, 0.4) is 0 Å². The SMILES string of the molecule is CC(C)CN(C[C@H](O)[CH]Cc1ccccc1)S(=O)(=O)c1cccc2nc(N)sc12. The summed E-state index contributed by atoms with van der Waals surface area (Å²) in [5.41, 5.74) is 7.42. The number of rotatable bonds is 9. The van der Waals surface area contributed by atoms with E-state index in [2.05, 4.69) is 4.98 Å². The molecule has 0 amide bonds. The van der Waals surface area contributed by atoms with E-state index < -0.39 is 16.1 Å². The van der Waals surface area contributed by atoms with Gasteiger partial charge in [0.15, 0.2) is 5.13 Å². The topological polar surface area (TPSA) is 96.5 Å². The van der Waals surface area contributed by atoms with Crippen molar-refractivity contribution in [1.29, 1.82) is 0 Å². The van der Waals surface area contributed by atoms with E-state index in [4.69, 9.17) is 5.73 Å². The van der Waals surface area contributed by atoms with Gasteiger partial charge in [0.05, 0.1) is 16.3 Å². The molecule has 0 saturated heterocycles. The van der Waals surface area contributed by atoms with Gasteiger partial charge < -0.3 is 10.8 Å². The fourth-order valence-electron chi connectivity index (χ4n) is 3.13. The number of aliphatic hydroxyl groups excluding tert-OH is 1. The second kappa shape index (κ2) is 9.21. The van der Waals surface area contributed by atoms with E-state index in [9.17, 15) is 13.5 Å². The summed E-state index contributed by atoms with van der Waals surface area (Å²) in [5.74, 6) is 0.108. The summed E-state index contributed by atoms with van der Waals surface area (Å²) in [4.78, 5) is 4.37. The first-order valence-corrected chi connectivity index (χ1v) is 11.7. The van der Waals surface area contributed by atoms with Gasteiger partial charge in [0.2, 0.25) is 10.0 Å². The quantitative estimate of drug-likeness (QED) is 0.541. The van der Waals surface area contributed by atoms with Crippen molar-refractivity contribution in [3.05, 3.63) is 60.5 Å². The summed E-state index contributed by atoms with van der Waals surface area (Å²) >= 11 is 1.16. The molecule has 1 heterocycles. The van der Waals surface area contributed by atoms with Crippen molar-refractivity contribution in [2.45, 2.75) is 31.3 Å². The van der Waals surface area contributed by atoms with Gasteiger partial charge in [-0.3, -0.25) is 0 Å². The van der Waals surface area contributed by atoms with Crippen LogP contribution in [0.4, 0.5) is 5.13 Å². The zero-order valence-corrected chi connectivity index (χ0v) is 18.2. The van der Waals surface area contributed by atoms with Crippen molar-refractivity contribution in [2.75, 3.05) is 18.8 Å². The lowest BCUT2D eigenvalue weighted by Gasteiger charge is -2.26. The predicted molar refractivity (Wildman–Crippen MR) is 118 cm³/mol. The Morgan fingerprint density at radius 2 is 1.86 bits per heavy atom. The molecule has 0 aliphatic heterocycles. The Balaban J connectivity index is 1.82. The summed E-state index contributed by atoms with van der Waals surface area (Å²) in [6.07, 6.45) is 1.43. The van der Waals surface area contributed by atoms with Crippen LogP contribution >= 0.6 is 11.3 Å². The average Bonchev–Trinajstić information content (AvgIpc) is 3.06. The van der Waals surface area contributed by atoms with Crippen molar-refractivity contribution < 1.29 is 13.5 Å². The number of nitrogens with two attached hydrogens (primary N) is 1. The first kappa shape index (κ1) is 21.7. The number of aromatic nitrogens is 1. The van der Waals surface area contributed by atoms with E-state index in [1.165, 1.54) is 4.31 Å². The van der Waals surface area contributed by atoms with E-state index >= 15 is 0 Å². The maximum Gasteiger partial charge on any atom is 0.244 e. The molecule has 0 saturated carbocycles. The summed E-state index contributed by atoms with van der Waals surface area (Å²) < 4.78 is 28.8. The van der Waals surface area contributed by atoms with Gasteiger partial charge in [-0.05, 0) is 36.5 Å². The summed E-state index contributed by atoms with van der Waals surface area (Å²) in [7, 11) is -3.82. The van der Waals surface area contributed by atoms with E-state index in [0.29, 0.717) is 28.3 Å². The van der Waals surface area contributed by atoms with Gasteiger partial charge in [0.1, 0.15) is 4.90 Å². The fourth-order valence-corrected chi connectivity index (χ4v) is 6.02. The molecule has 3 rings (SSSR count). The minimum Gasteiger partial charge on any atom is -0.391 e. The van der Waals surface area contributed by atoms with Crippen LogP contribution in [0.1, 0.15) is 19.4 Å². The number of aliphatic hydroxyl groups is 1. The molecule has 1 aromatic heterocycles. The van der Waals surface area contributed by atoms with E-state index in [1.54, 1.807) is 24.6 Å². The first-order chi connectivity index (χ1) is 13.8. The highest BCUT2D eigenvalue weighted by Crippen LogP contribution is 2.32. The second-order valence-electron chi connectivity index (χ2n) is 7.37. The monoisotopic (exact) mass is 432 g/mol. The van der Waals surface area contributed by atoms with Gasteiger partial charge in [-0.1, -0.05) is 61.6 Å². The predicted octanol–water partition coefficient (Wildman–Crippen LogP) is 3.33. The summed E-state index contributed by atoms with van der Waals surface area (Å²) in [6, 6.07) is 14.7. The van der Waals surface area contributed by atoms with Crippen LogP contribution in [-0.2, 0) is 16.4 Å². The molecule has 1 atom stereocenters. The highest BCUT2D eigenvalue weighted by molar-refractivity contribution is 7.89. The number of nitrogens with zero attached hydrogens (tertiary/aromatic N) is 2. The number of anilines is 1. The maximum absolute atomic E-state index is 13.4. The van der Waals surface area contributed by atoms with E-state index in [1.807, 2.05) is 44.2 Å². The lowest BCUT2D eigenvalue weighted by Crippen LogP contribution is -2.40. The molecular weight excluding hydrogens is 406 g/mol. The van der Waals surface area contributed by atoms with Crippen LogP contribution in [0.25, 0.3) is 10.2 Å². The van der Waals surface area contributed by atoms with Gasteiger partial charge in [-0.25, -0.2) is 13.4 Å². The fraction of sp³-hybridized carbons (Fsp3) is 0.333. The summed E-state index contributed by atoms with van der Waals surface area (Å²) in [6.45, 7) is 4.21. The van der Waals surface area contributed by atoms with Crippen LogP contribution in [0, 0.1) is 12.3 Å². The molecular formula is C21H26N3O3S2. The Labute approximate surface area is 176 Å². The Morgan fingerprint density at radius 3 is 2.55 bits per heavy atom. The molecule has 2 aromatic carbocycles. The molecule has 6 nitrogen and oxygen atoms in total. The molecule has 1 radical (unpaired) electrons. The molecule has 0 spiro atoms. The lowest BCUT2D eigenvalue weighted by atomic mass is 10.1. The standard InChI is InChI=1S/C21H26N3O3S2/c1-15(2)13-24(14-17(25)12-11-16-7-4-3-5-8-16)29(26,27)19-10-6-9-18-20(19)28-21(22)23-18/h3-10,12,15,17,25H,11,13-14H2,1-2H3,(H2,22,23)/t17-/m1/s1. The number of hydrogen-bond acceptors (Lipinski definition) is 6. The molecule has 0 aliphatic rings. The zero-order valence-electron chi connectivity index (χ0n) is 16.5. The number of hydrogen-bond donors (Lipinski definition) is 2. The molecule has 0 unspecified atom stereocenters. The Hall–Kier alpha value is -2.00. The molecule has 0 aliphatic carbocycles. The maximum atomic E-state index is 13.4. The Kier molecular flexibility index (Phi) is 6.89.